The molecule has 1 aromatic heterocycles. The van der Waals surface area contributed by atoms with Crippen LogP contribution in [-0.4, -0.2) is 42.0 Å². The highest BCUT2D eigenvalue weighted by Crippen LogP contribution is 2.14. The molecule has 0 spiro atoms. The Hall–Kier alpha value is -2.36. The molecule has 2 aromatic rings. The molecule has 1 aliphatic rings. The van der Waals surface area contributed by atoms with Crippen molar-refractivity contribution in [2.45, 2.75) is 0 Å². The first-order valence-corrected chi connectivity index (χ1v) is 7.11. The normalized spacial score (nSPS) is 15.1. The lowest BCUT2D eigenvalue weighted by Gasteiger charge is -2.35. The monoisotopic (exact) mass is 280 g/mol. The first-order valence-electron chi connectivity index (χ1n) is 7.11. The van der Waals surface area contributed by atoms with Crippen molar-refractivity contribution < 1.29 is 4.79 Å². The summed E-state index contributed by atoms with van der Waals surface area (Å²) in [5.41, 5.74) is 1.65. The van der Waals surface area contributed by atoms with Gasteiger partial charge in [-0.3, -0.25) is 4.79 Å². The van der Waals surface area contributed by atoms with Gasteiger partial charge in [0, 0.05) is 37.9 Å². The third-order valence-corrected chi connectivity index (χ3v) is 3.74. The van der Waals surface area contributed by atoms with Crippen LogP contribution < -0.4 is 4.90 Å². The summed E-state index contributed by atoms with van der Waals surface area (Å²) in [6.45, 7) is 6.92. The van der Waals surface area contributed by atoms with E-state index in [4.69, 9.17) is 0 Å². The molecular weight excluding hydrogens is 262 g/mol. The van der Waals surface area contributed by atoms with Gasteiger partial charge in [0.1, 0.15) is 5.82 Å². The number of carbonyl (C=O) groups excluding carboxylic acids is 1. The molecule has 2 heterocycles. The molecule has 21 heavy (non-hydrogen) atoms. The van der Waals surface area contributed by atoms with E-state index in [0.717, 1.165) is 43.1 Å². The predicted molar refractivity (Wildman–Crippen MR) is 83.3 cm³/mol. The largest absolute Gasteiger partial charge is 0.353 e. The molecular formula is C17H18N3O. The van der Waals surface area contributed by atoms with E-state index in [1.54, 1.807) is 6.20 Å². The van der Waals surface area contributed by atoms with Crippen LogP contribution in [0.15, 0.2) is 48.7 Å². The summed E-state index contributed by atoms with van der Waals surface area (Å²) in [5.74, 6) is 1.07. The molecule has 4 heteroatoms. The summed E-state index contributed by atoms with van der Waals surface area (Å²) < 4.78 is 0. The van der Waals surface area contributed by atoms with Gasteiger partial charge in [-0.2, -0.15) is 0 Å². The van der Waals surface area contributed by atoms with Crippen LogP contribution in [0.4, 0.5) is 5.82 Å². The third kappa shape index (κ3) is 3.05. The SMILES string of the molecule is [CH2]c1ccc(C(=O)N2CCN(c3ccccn3)CC2)cc1. The minimum absolute atomic E-state index is 0.0932. The Kier molecular flexibility index (Phi) is 3.86. The van der Waals surface area contributed by atoms with E-state index in [0.29, 0.717) is 0 Å². The van der Waals surface area contributed by atoms with Gasteiger partial charge in [-0.25, -0.2) is 4.98 Å². The number of carbonyl (C=O) groups is 1. The Bertz CT molecular complexity index is 602. The van der Waals surface area contributed by atoms with E-state index in [-0.39, 0.29) is 5.91 Å². The Morgan fingerprint density at radius 1 is 1.00 bits per heavy atom. The van der Waals surface area contributed by atoms with Gasteiger partial charge < -0.3 is 9.80 Å². The van der Waals surface area contributed by atoms with Gasteiger partial charge in [0.25, 0.3) is 5.91 Å². The van der Waals surface area contributed by atoms with E-state index >= 15 is 0 Å². The van der Waals surface area contributed by atoms with E-state index in [1.165, 1.54) is 0 Å². The highest BCUT2D eigenvalue weighted by Gasteiger charge is 2.22. The summed E-state index contributed by atoms with van der Waals surface area (Å²) in [4.78, 5) is 20.9. The smallest absolute Gasteiger partial charge is 0.253 e. The Labute approximate surface area is 125 Å². The number of piperazine rings is 1. The van der Waals surface area contributed by atoms with Crippen molar-refractivity contribution in [2.75, 3.05) is 31.1 Å². The lowest BCUT2D eigenvalue weighted by Crippen LogP contribution is -2.49. The maximum Gasteiger partial charge on any atom is 0.253 e. The first-order chi connectivity index (χ1) is 10.2. The lowest BCUT2D eigenvalue weighted by molar-refractivity contribution is 0.0746. The van der Waals surface area contributed by atoms with Gasteiger partial charge in [-0.1, -0.05) is 18.2 Å². The zero-order valence-corrected chi connectivity index (χ0v) is 11.9. The minimum atomic E-state index is 0.0932. The van der Waals surface area contributed by atoms with Crippen molar-refractivity contribution in [1.29, 1.82) is 0 Å². The minimum Gasteiger partial charge on any atom is -0.353 e. The number of amides is 1. The molecule has 0 aliphatic carbocycles. The van der Waals surface area contributed by atoms with Gasteiger partial charge in [-0.05, 0) is 36.8 Å². The second-order valence-corrected chi connectivity index (χ2v) is 5.16. The molecule has 0 unspecified atom stereocenters. The molecule has 1 saturated heterocycles. The van der Waals surface area contributed by atoms with E-state index in [2.05, 4.69) is 16.8 Å². The van der Waals surface area contributed by atoms with Crippen LogP contribution in [0.5, 0.6) is 0 Å². The number of benzene rings is 1. The molecule has 3 rings (SSSR count). The van der Waals surface area contributed by atoms with E-state index in [1.807, 2.05) is 47.4 Å². The van der Waals surface area contributed by atoms with Crippen molar-refractivity contribution in [2.24, 2.45) is 0 Å². The van der Waals surface area contributed by atoms with Gasteiger partial charge in [0.05, 0.1) is 0 Å². The fraction of sp³-hybridized carbons (Fsp3) is 0.235. The number of hydrogen-bond acceptors (Lipinski definition) is 3. The number of pyridine rings is 1. The van der Waals surface area contributed by atoms with Crippen LogP contribution >= 0.6 is 0 Å². The topological polar surface area (TPSA) is 36.4 Å². The Morgan fingerprint density at radius 2 is 1.71 bits per heavy atom. The Balaban J connectivity index is 1.63. The lowest BCUT2D eigenvalue weighted by atomic mass is 10.1. The molecule has 1 amide bonds. The average molecular weight is 280 g/mol. The van der Waals surface area contributed by atoms with Gasteiger partial charge >= 0.3 is 0 Å². The molecule has 1 fully saturated rings. The summed E-state index contributed by atoms with van der Waals surface area (Å²) in [5, 5.41) is 0. The molecule has 0 N–H and O–H groups in total. The molecule has 4 nitrogen and oxygen atoms in total. The molecule has 1 aromatic carbocycles. The number of hydrogen-bond donors (Lipinski definition) is 0. The first kappa shape index (κ1) is 13.6. The van der Waals surface area contributed by atoms with Crippen molar-refractivity contribution in [1.82, 2.24) is 9.88 Å². The highest BCUT2D eigenvalue weighted by molar-refractivity contribution is 5.94. The number of aromatic nitrogens is 1. The molecule has 1 radical (unpaired) electrons. The van der Waals surface area contributed by atoms with Crippen molar-refractivity contribution in [3.63, 3.8) is 0 Å². The summed E-state index contributed by atoms with van der Waals surface area (Å²) in [7, 11) is 0. The summed E-state index contributed by atoms with van der Waals surface area (Å²) in [6, 6.07) is 13.3. The fourth-order valence-electron chi connectivity index (χ4n) is 2.51. The summed E-state index contributed by atoms with van der Waals surface area (Å²) in [6.07, 6.45) is 1.80. The van der Waals surface area contributed by atoms with Gasteiger partial charge in [0.15, 0.2) is 0 Å². The Morgan fingerprint density at radius 3 is 2.33 bits per heavy atom. The van der Waals surface area contributed by atoms with Gasteiger partial charge in [-0.15, -0.1) is 0 Å². The highest BCUT2D eigenvalue weighted by atomic mass is 16.2. The third-order valence-electron chi connectivity index (χ3n) is 3.74. The molecule has 1 aliphatic heterocycles. The number of nitrogens with zero attached hydrogens (tertiary/aromatic N) is 3. The predicted octanol–water partition coefficient (Wildman–Crippen LogP) is 2.23. The molecule has 0 saturated carbocycles. The zero-order valence-electron chi connectivity index (χ0n) is 11.9. The van der Waals surface area contributed by atoms with Crippen molar-refractivity contribution >= 4 is 11.7 Å². The quantitative estimate of drug-likeness (QED) is 0.846. The van der Waals surface area contributed by atoms with Crippen LogP contribution in [0.2, 0.25) is 0 Å². The van der Waals surface area contributed by atoms with E-state index < -0.39 is 0 Å². The number of rotatable bonds is 2. The second kappa shape index (κ2) is 5.95. The standard InChI is InChI=1S/C17H18N3O/c1-14-5-7-15(8-6-14)17(21)20-12-10-19(11-13-20)16-4-2-3-9-18-16/h2-9H,1,10-13H2. The molecule has 107 valence electrons. The second-order valence-electron chi connectivity index (χ2n) is 5.16. The molecule has 0 atom stereocenters. The zero-order chi connectivity index (χ0) is 14.7. The van der Waals surface area contributed by atoms with Crippen LogP contribution in [0.25, 0.3) is 0 Å². The number of anilines is 1. The van der Waals surface area contributed by atoms with Crippen LogP contribution in [0.1, 0.15) is 15.9 Å². The van der Waals surface area contributed by atoms with Crippen LogP contribution in [0, 0.1) is 6.92 Å². The van der Waals surface area contributed by atoms with Gasteiger partial charge in [0.2, 0.25) is 0 Å². The van der Waals surface area contributed by atoms with Crippen LogP contribution in [0.3, 0.4) is 0 Å². The maximum atomic E-state index is 12.4. The van der Waals surface area contributed by atoms with Crippen molar-refractivity contribution in [3.8, 4) is 0 Å². The maximum absolute atomic E-state index is 12.4. The van der Waals surface area contributed by atoms with E-state index in [9.17, 15) is 4.79 Å². The fourth-order valence-corrected chi connectivity index (χ4v) is 2.51. The molecule has 0 bridgehead atoms. The average Bonchev–Trinajstić information content (AvgIpc) is 2.56. The summed E-state index contributed by atoms with van der Waals surface area (Å²) >= 11 is 0. The van der Waals surface area contributed by atoms with Crippen LogP contribution in [-0.2, 0) is 0 Å². The van der Waals surface area contributed by atoms with Crippen molar-refractivity contribution in [3.05, 3.63) is 66.7 Å².